The number of para-hydroxylation sites is 2. The van der Waals surface area contributed by atoms with E-state index in [9.17, 15) is 0 Å². The molecular formula is C19H22N8O. The number of hydrogen-bond acceptors (Lipinski definition) is 7. The number of aromatic nitrogens is 7. The lowest BCUT2D eigenvalue weighted by Gasteiger charge is -2.09. The van der Waals surface area contributed by atoms with Crippen molar-refractivity contribution in [3.63, 3.8) is 0 Å². The number of nitrogens with one attached hydrogen (secondary N) is 1. The van der Waals surface area contributed by atoms with Gasteiger partial charge in [-0.15, -0.1) is 0 Å². The minimum atomic E-state index is 0.290. The normalized spacial score (nSPS) is 11.1. The Bertz CT molecular complexity index is 1070. The Morgan fingerprint density at radius 1 is 1.07 bits per heavy atom. The van der Waals surface area contributed by atoms with Crippen LogP contribution in [0.1, 0.15) is 25.5 Å². The van der Waals surface area contributed by atoms with Crippen LogP contribution in [-0.2, 0) is 13.7 Å². The molecule has 9 nitrogen and oxygen atoms in total. The third-order valence-electron chi connectivity index (χ3n) is 4.32. The number of benzene rings is 1. The van der Waals surface area contributed by atoms with Crippen molar-refractivity contribution in [2.24, 2.45) is 7.05 Å². The molecular weight excluding hydrogens is 356 g/mol. The standard InChI is InChI=1S/C19H22N8O/c1-3-4-12-20-17-11-7-8-14(21-17)13-28-19-22-15-9-5-6-10-16(15)27(19)18-23-24-25-26(18)2/h5-11H,3-4,12-13H2,1-2H3,(H,20,21). The lowest BCUT2D eigenvalue weighted by atomic mass is 10.3. The van der Waals surface area contributed by atoms with Crippen LogP contribution in [0.3, 0.4) is 0 Å². The first kappa shape index (κ1) is 17.9. The zero-order valence-corrected chi connectivity index (χ0v) is 15.9. The number of aryl methyl sites for hydroxylation is 1. The molecule has 1 aromatic carbocycles. The van der Waals surface area contributed by atoms with E-state index in [4.69, 9.17) is 4.74 Å². The maximum Gasteiger partial charge on any atom is 0.305 e. The summed E-state index contributed by atoms with van der Waals surface area (Å²) in [6, 6.07) is 14.0. The molecule has 144 valence electrons. The molecule has 3 heterocycles. The Kier molecular flexibility index (Phi) is 5.14. The molecule has 3 aromatic heterocycles. The molecule has 4 rings (SSSR count). The molecule has 0 spiro atoms. The first-order valence-electron chi connectivity index (χ1n) is 9.29. The maximum absolute atomic E-state index is 6.02. The number of tetrazole rings is 1. The summed E-state index contributed by atoms with van der Waals surface area (Å²) in [5.41, 5.74) is 2.50. The number of ether oxygens (including phenoxy) is 1. The van der Waals surface area contributed by atoms with E-state index < -0.39 is 0 Å². The first-order valence-corrected chi connectivity index (χ1v) is 9.29. The average molecular weight is 378 g/mol. The van der Waals surface area contributed by atoms with E-state index in [2.05, 4.69) is 37.7 Å². The van der Waals surface area contributed by atoms with Crippen LogP contribution in [0, 0.1) is 0 Å². The number of pyridine rings is 1. The molecule has 0 saturated heterocycles. The van der Waals surface area contributed by atoms with Crippen molar-refractivity contribution >= 4 is 16.9 Å². The summed E-state index contributed by atoms with van der Waals surface area (Å²) in [7, 11) is 1.78. The van der Waals surface area contributed by atoms with E-state index in [-0.39, 0.29) is 6.61 Å². The monoisotopic (exact) mass is 378 g/mol. The number of anilines is 1. The molecule has 0 unspecified atom stereocenters. The van der Waals surface area contributed by atoms with Crippen LogP contribution in [-0.4, -0.2) is 41.3 Å². The molecule has 9 heteroatoms. The van der Waals surface area contributed by atoms with Gasteiger partial charge in [0.1, 0.15) is 12.4 Å². The Morgan fingerprint density at radius 3 is 2.79 bits per heavy atom. The predicted molar refractivity (Wildman–Crippen MR) is 105 cm³/mol. The summed E-state index contributed by atoms with van der Waals surface area (Å²) in [6.45, 7) is 3.36. The molecule has 28 heavy (non-hydrogen) atoms. The highest BCUT2D eigenvalue weighted by atomic mass is 16.5. The van der Waals surface area contributed by atoms with Gasteiger partial charge in [0.15, 0.2) is 0 Å². The molecule has 0 bridgehead atoms. The summed E-state index contributed by atoms with van der Waals surface area (Å²) in [6.07, 6.45) is 2.25. The number of imidazole rings is 1. The fourth-order valence-corrected chi connectivity index (χ4v) is 2.90. The van der Waals surface area contributed by atoms with Crippen LogP contribution in [0.25, 0.3) is 17.0 Å². The smallest absolute Gasteiger partial charge is 0.305 e. The Labute approximate surface area is 162 Å². The number of fused-ring (bicyclic) bond motifs is 1. The van der Waals surface area contributed by atoms with Crippen LogP contribution in [0.15, 0.2) is 42.5 Å². The van der Waals surface area contributed by atoms with Gasteiger partial charge in [-0.3, -0.25) is 0 Å². The van der Waals surface area contributed by atoms with Gasteiger partial charge < -0.3 is 10.1 Å². The summed E-state index contributed by atoms with van der Waals surface area (Å²) >= 11 is 0. The van der Waals surface area contributed by atoms with Gasteiger partial charge in [-0.25, -0.2) is 14.2 Å². The maximum atomic E-state index is 6.02. The summed E-state index contributed by atoms with van der Waals surface area (Å²) in [5.74, 6) is 1.38. The quantitative estimate of drug-likeness (QED) is 0.471. The number of unbranched alkanes of at least 4 members (excludes halogenated alkanes) is 1. The van der Waals surface area contributed by atoms with Crippen molar-refractivity contribution in [2.75, 3.05) is 11.9 Å². The molecule has 0 aliphatic rings. The molecule has 0 aliphatic heterocycles. The summed E-state index contributed by atoms with van der Waals surface area (Å²) in [5, 5.41) is 15.1. The topological polar surface area (TPSA) is 95.6 Å². The minimum absolute atomic E-state index is 0.290. The molecule has 0 aliphatic carbocycles. The molecule has 0 amide bonds. The van der Waals surface area contributed by atoms with E-state index >= 15 is 0 Å². The van der Waals surface area contributed by atoms with Gasteiger partial charge >= 0.3 is 6.01 Å². The van der Waals surface area contributed by atoms with E-state index in [0.717, 1.165) is 41.9 Å². The van der Waals surface area contributed by atoms with E-state index in [1.165, 1.54) is 0 Å². The molecule has 1 N–H and O–H groups in total. The summed E-state index contributed by atoms with van der Waals surface area (Å²) < 4.78 is 9.41. The third kappa shape index (κ3) is 3.64. The van der Waals surface area contributed by atoms with Crippen molar-refractivity contribution < 1.29 is 4.74 Å². The van der Waals surface area contributed by atoms with Crippen molar-refractivity contribution in [3.05, 3.63) is 48.2 Å². The zero-order chi connectivity index (χ0) is 19.3. The zero-order valence-electron chi connectivity index (χ0n) is 15.9. The van der Waals surface area contributed by atoms with Crippen LogP contribution < -0.4 is 10.1 Å². The molecule has 0 radical (unpaired) electrons. The van der Waals surface area contributed by atoms with Gasteiger partial charge in [0.05, 0.1) is 16.7 Å². The first-order chi connectivity index (χ1) is 13.8. The Morgan fingerprint density at radius 2 is 1.96 bits per heavy atom. The summed E-state index contributed by atoms with van der Waals surface area (Å²) in [4.78, 5) is 9.20. The fraction of sp³-hybridized carbons (Fsp3) is 0.316. The third-order valence-corrected chi connectivity index (χ3v) is 4.32. The number of nitrogens with zero attached hydrogens (tertiary/aromatic N) is 7. The van der Waals surface area contributed by atoms with Gasteiger partial charge in [-0.05, 0) is 41.1 Å². The highest BCUT2D eigenvalue weighted by Crippen LogP contribution is 2.25. The average Bonchev–Trinajstić information content (AvgIpc) is 3.29. The van der Waals surface area contributed by atoms with Gasteiger partial charge in [0.25, 0.3) is 5.95 Å². The van der Waals surface area contributed by atoms with Crippen molar-refractivity contribution in [1.29, 1.82) is 0 Å². The molecule has 0 saturated carbocycles. The second-order valence-corrected chi connectivity index (χ2v) is 6.40. The van der Waals surface area contributed by atoms with Gasteiger partial charge in [0.2, 0.25) is 0 Å². The SMILES string of the molecule is CCCCNc1cccc(COc2nc3ccccc3n2-c2nnnn2C)n1. The van der Waals surface area contributed by atoms with E-state index in [1.54, 1.807) is 16.3 Å². The van der Waals surface area contributed by atoms with E-state index in [0.29, 0.717) is 12.0 Å². The minimum Gasteiger partial charge on any atom is -0.458 e. The van der Waals surface area contributed by atoms with Gasteiger partial charge in [-0.1, -0.05) is 36.6 Å². The molecule has 4 aromatic rings. The highest BCUT2D eigenvalue weighted by Gasteiger charge is 2.18. The highest BCUT2D eigenvalue weighted by molar-refractivity contribution is 5.78. The van der Waals surface area contributed by atoms with Crippen molar-refractivity contribution in [2.45, 2.75) is 26.4 Å². The number of hydrogen-bond donors (Lipinski definition) is 1. The fourth-order valence-electron chi connectivity index (χ4n) is 2.90. The Hall–Kier alpha value is -3.49. The van der Waals surface area contributed by atoms with E-state index in [1.807, 2.05) is 42.5 Å². The second-order valence-electron chi connectivity index (χ2n) is 6.40. The van der Waals surface area contributed by atoms with Gasteiger partial charge in [0, 0.05) is 13.6 Å². The second kappa shape index (κ2) is 8.03. The van der Waals surface area contributed by atoms with Crippen LogP contribution in [0.2, 0.25) is 0 Å². The molecule has 0 atom stereocenters. The molecule has 0 fully saturated rings. The van der Waals surface area contributed by atoms with Crippen LogP contribution >= 0.6 is 0 Å². The van der Waals surface area contributed by atoms with Crippen LogP contribution in [0.5, 0.6) is 6.01 Å². The lowest BCUT2D eigenvalue weighted by Crippen LogP contribution is -2.09. The van der Waals surface area contributed by atoms with Crippen molar-refractivity contribution in [3.8, 4) is 12.0 Å². The van der Waals surface area contributed by atoms with Gasteiger partial charge in [-0.2, -0.15) is 4.98 Å². The van der Waals surface area contributed by atoms with Crippen LogP contribution in [0.4, 0.5) is 5.82 Å². The predicted octanol–water partition coefficient (Wildman–Crippen LogP) is 2.74. The van der Waals surface area contributed by atoms with Crippen molar-refractivity contribution in [1.82, 2.24) is 34.7 Å². The largest absolute Gasteiger partial charge is 0.458 e. The number of rotatable bonds is 8. The lowest BCUT2D eigenvalue weighted by molar-refractivity contribution is 0.272. The Balaban J connectivity index is 1.59.